The predicted molar refractivity (Wildman–Crippen MR) is 86.2 cm³/mol. The number of para-hydroxylation sites is 1. The van der Waals surface area contributed by atoms with Crippen LogP contribution in [0.15, 0.2) is 53.4 Å². The number of sulfonamides is 1. The van der Waals surface area contributed by atoms with Gasteiger partial charge in [0.15, 0.2) is 0 Å². The van der Waals surface area contributed by atoms with Gasteiger partial charge in [-0.25, -0.2) is 12.7 Å². The Kier molecular flexibility index (Phi) is 4.20. The molecule has 0 amide bonds. The van der Waals surface area contributed by atoms with Crippen molar-refractivity contribution in [2.75, 3.05) is 31.8 Å². The molecule has 0 unspecified atom stereocenters. The first kappa shape index (κ1) is 15.3. The van der Waals surface area contributed by atoms with Crippen LogP contribution in [0, 0.1) is 0 Å². The molecule has 5 nitrogen and oxygen atoms in total. The summed E-state index contributed by atoms with van der Waals surface area (Å²) in [5.74, 6) is 0. The van der Waals surface area contributed by atoms with Crippen LogP contribution < -0.4 is 10.6 Å². The summed E-state index contributed by atoms with van der Waals surface area (Å²) in [5.41, 5.74) is 8.11. The number of hydrogen-bond donors (Lipinski definition) is 1. The molecular weight excluding hydrogens is 286 g/mol. The lowest BCUT2D eigenvalue weighted by Crippen LogP contribution is -2.22. The van der Waals surface area contributed by atoms with E-state index in [-0.39, 0.29) is 4.90 Å². The van der Waals surface area contributed by atoms with E-state index >= 15 is 0 Å². The van der Waals surface area contributed by atoms with E-state index in [1.807, 2.05) is 42.3 Å². The van der Waals surface area contributed by atoms with Gasteiger partial charge in [-0.2, -0.15) is 0 Å². The molecule has 0 saturated heterocycles. The summed E-state index contributed by atoms with van der Waals surface area (Å²) in [6.45, 7) is 0. The van der Waals surface area contributed by atoms with Gasteiger partial charge in [0.05, 0.1) is 16.3 Å². The van der Waals surface area contributed by atoms with Crippen molar-refractivity contribution >= 4 is 27.1 Å². The molecule has 0 aromatic heterocycles. The number of nitrogen functional groups attached to an aromatic ring is 1. The normalized spacial score (nSPS) is 11.6. The van der Waals surface area contributed by atoms with Crippen LogP contribution >= 0.6 is 0 Å². The van der Waals surface area contributed by atoms with E-state index in [2.05, 4.69) is 0 Å². The van der Waals surface area contributed by atoms with E-state index in [0.29, 0.717) is 11.4 Å². The fourth-order valence-corrected chi connectivity index (χ4v) is 2.90. The number of hydrogen-bond acceptors (Lipinski definition) is 4. The monoisotopic (exact) mass is 305 g/mol. The Bertz CT molecular complexity index is 728. The Balaban J connectivity index is 2.51. The fourth-order valence-electron chi connectivity index (χ4n) is 1.98. The maximum atomic E-state index is 12.2. The lowest BCUT2D eigenvalue weighted by molar-refractivity contribution is 0.521. The molecule has 0 spiro atoms. The van der Waals surface area contributed by atoms with E-state index in [4.69, 9.17) is 5.73 Å². The van der Waals surface area contributed by atoms with Crippen molar-refractivity contribution < 1.29 is 8.42 Å². The molecule has 2 aromatic carbocycles. The van der Waals surface area contributed by atoms with Gasteiger partial charge in [-0.1, -0.05) is 18.2 Å². The Hall–Kier alpha value is -2.05. The van der Waals surface area contributed by atoms with Crippen molar-refractivity contribution in [1.82, 2.24) is 4.31 Å². The van der Waals surface area contributed by atoms with E-state index in [0.717, 1.165) is 5.69 Å². The first-order chi connectivity index (χ1) is 9.84. The molecule has 112 valence electrons. The molecule has 2 rings (SSSR count). The number of rotatable bonds is 4. The third-order valence-electron chi connectivity index (χ3n) is 3.29. The zero-order chi connectivity index (χ0) is 15.6. The smallest absolute Gasteiger partial charge is 0.242 e. The highest BCUT2D eigenvalue weighted by Gasteiger charge is 2.19. The first-order valence-electron chi connectivity index (χ1n) is 6.45. The molecule has 0 aliphatic rings. The van der Waals surface area contributed by atoms with Crippen LogP contribution in [0.25, 0.3) is 0 Å². The molecule has 21 heavy (non-hydrogen) atoms. The molecule has 0 heterocycles. The quantitative estimate of drug-likeness (QED) is 0.880. The van der Waals surface area contributed by atoms with Gasteiger partial charge in [0.1, 0.15) is 0 Å². The second-order valence-electron chi connectivity index (χ2n) is 4.90. The van der Waals surface area contributed by atoms with Gasteiger partial charge in [-0.05, 0) is 30.3 Å². The minimum absolute atomic E-state index is 0.222. The minimum Gasteiger partial charge on any atom is -0.397 e. The highest BCUT2D eigenvalue weighted by molar-refractivity contribution is 7.89. The molecule has 2 N–H and O–H groups in total. The number of nitrogens with two attached hydrogens (primary N) is 1. The van der Waals surface area contributed by atoms with Gasteiger partial charge < -0.3 is 10.6 Å². The van der Waals surface area contributed by atoms with E-state index in [1.165, 1.54) is 24.5 Å². The van der Waals surface area contributed by atoms with Crippen LogP contribution in [-0.2, 0) is 10.0 Å². The van der Waals surface area contributed by atoms with Gasteiger partial charge in [-0.15, -0.1) is 0 Å². The van der Waals surface area contributed by atoms with Gasteiger partial charge in [-0.3, -0.25) is 0 Å². The summed E-state index contributed by atoms with van der Waals surface area (Å²) in [6.07, 6.45) is 0. The second-order valence-corrected chi connectivity index (χ2v) is 7.05. The number of nitrogens with zero attached hydrogens (tertiary/aromatic N) is 2. The van der Waals surface area contributed by atoms with Crippen LogP contribution in [0.3, 0.4) is 0 Å². The van der Waals surface area contributed by atoms with Gasteiger partial charge in [0.2, 0.25) is 10.0 Å². The lowest BCUT2D eigenvalue weighted by Gasteiger charge is -2.22. The Morgan fingerprint density at radius 2 is 1.57 bits per heavy atom. The average Bonchev–Trinajstić information content (AvgIpc) is 2.47. The largest absolute Gasteiger partial charge is 0.397 e. The highest BCUT2D eigenvalue weighted by Crippen LogP contribution is 2.31. The van der Waals surface area contributed by atoms with E-state index < -0.39 is 10.0 Å². The Morgan fingerprint density at radius 3 is 2.14 bits per heavy atom. The Labute approximate surface area is 125 Å². The first-order valence-corrected chi connectivity index (χ1v) is 7.89. The van der Waals surface area contributed by atoms with Crippen LogP contribution in [-0.4, -0.2) is 33.9 Å². The molecule has 0 aliphatic heterocycles. The average molecular weight is 305 g/mol. The topological polar surface area (TPSA) is 66.6 Å². The molecule has 0 radical (unpaired) electrons. The van der Waals surface area contributed by atoms with Crippen molar-refractivity contribution in [2.24, 2.45) is 0 Å². The predicted octanol–water partition coefficient (Wildman–Crippen LogP) is 2.29. The fraction of sp³-hybridized carbons (Fsp3) is 0.200. The third-order valence-corrected chi connectivity index (χ3v) is 5.10. The standard InChI is InChI=1S/C15H19N3O2S/c1-17(2)21(19,20)13-9-10-14(16)15(11-13)18(3)12-7-5-4-6-8-12/h4-11H,16H2,1-3H3. The summed E-state index contributed by atoms with van der Waals surface area (Å²) in [6, 6.07) is 14.4. The van der Waals surface area contributed by atoms with Gasteiger partial charge in [0.25, 0.3) is 0 Å². The maximum absolute atomic E-state index is 12.2. The van der Waals surface area contributed by atoms with Crippen molar-refractivity contribution in [3.63, 3.8) is 0 Å². The van der Waals surface area contributed by atoms with Gasteiger partial charge in [0, 0.05) is 26.8 Å². The van der Waals surface area contributed by atoms with Crippen molar-refractivity contribution in [3.8, 4) is 0 Å². The van der Waals surface area contributed by atoms with Crippen LogP contribution in [0.2, 0.25) is 0 Å². The van der Waals surface area contributed by atoms with Crippen molar-refractivity contribution in [1.29, 1.82) is 0 Å². The van der Waals surface area contributed by atoms with Crippen LogP contribution in [0.4, 0.5) is 17.1 Å². The summed E-state index contributed by atoms with van der Waals surface area (Å²) >= 11 is 0. The van der Waals surface area contributed by atoms with Gasteiger partial charge >= 0.3 is 0 Å². The number of benzene rings is 2. The molecule has 0 atom stereocenters. The molecule has 0 fully saturated rings. The molecule has 2 aromatic rings. The summed E-state index contributed by atoms with van der Waals surface area (Å²) in [4.78, 5) is 2.09. The molecular formula is C15H19N3O2S. The van der Waals surface area contributed by atoms with Crippen molar-refractivity contribution in [2.45, 2.75) is 4.90 Å². The maximum Gasteiger partial charge on any atom is 0.242 e. The minimum atomic E-state index is -3.48. The summed E-state index contributed by atoms with van der Waals surface area (Å²) in [5, 5.41) is 0. The SMILES string of the molecule is CN(c1ccccc1)c1cc(S(=O)(=O)N(C)C)ccc1N. The zero-order valence-corrected chi connectivity index (χ0v) is 13.1. The summed E-state index contributed by atoms with van der Waals surface area (Å²) < 4.78 is 25.6. The third kappa shape index (κ3) is 3.01. The van der Waals surface area contributed by atoms with E-state index in [9.17, 15) is 8.42 Å². The highest BCUT2D eigenvalue weighted by atomic mass is 32.2. The molecule has 0 saturated carbocycles. The van der Waals surface area contributed by atoms with Crippen LogP contribution in [0.1, 0.15) is 0 Å². The Morgan fingerprint density at radius 1 is 0.952 bits per heavy atom. The number of anilines is 3. The zero-order valence-electron chi connectivity index (χ0n) is 12.3. The summed E-state index contributed by atoms with van der Waals surface area (Å²) in [7, 11) is 1.39. The second kappa shape index (κ2) is 5.75. The van der Waals surface area contributed by atoms with Crippen molar-refractivity contribution in [3.05, 3.63) is 48.5 Å². The lowest BCUT2D eigenvalue weighted by atomic mass is 10.2. The molecule has 6 heteroatoms. The van der Waals surface area contributed by atoms with Crippen LogP contribution in [0.5, 0.6) is 0 Å². The molecule has 0 bridgehead atoms. The van der Waals surface area contributed by atoms with E-state index in [1.54, 1.807) is 12.1 Å². The molecule has 0 aliphatic carbocycles.